The number of hydrogen-bond donors (Lipinski definition) is 1. The van der Waals surface area contributed by atoms with Crippen LogP contribution < -0.4 is 10.5 Å². The molecule has 0 saturated carbocycles. The molecule has 1 atom stereocenters. The van der Waals surface area contributed by atoms with E-state index in [-0.39, 0.29) is 6.04 Å². The molecule has 4 heteroatoms. The second-order valence-electron chi connectivity index (χ2n) is 5.08. The van der Waals surface area contributed by atoms with Gasteiger partial charge in [0.05, 0.1) is 18.4 Å². The van der Waals surface area contributed by atoms with Gasteiger partial charge in [-0.3, -0.25) is 0 Å². The first-order valence-electron chi connectivity index (χ1n) is 6.65. The summed E-state index contributed by atoms with van der Waals surface area (Å²) >= 11 is 0. The van der Waals surface area contributed by atoms with Gasteiger partial charge in [0.15, 0.2) is 0 Å². The number of hydrogen-bond acceptors (Lipinski definition) is 3. The Hall–Kier alpha value is -1.81. The lowest BCUT2D eigenvalue weighted by atomic mass is 10.0. The molecule has 2 N–H and O–H groups in total. The number of aryl methyl sites for hydroxylation is 1. The number of aromatic nitrogens is 2. The molecule has 1 aromatic carbocycles. The van der Waals surface area contributed by atoms with Gasteiger partial charge >= 0.3 is 0 Å². The third-order valence-electron chi connectivity index (χ3n) is 3.79. The molecule has 1 aromatic heterocycles. The number of ether oxygens (including phenoxy) is 1. The number of imidazole rings is 1. The summed E-state index contributed by atoms with van der Waals surface area (Å²) in [5.41, 5.74) is 9.54. The zero-order chi connectivity index (χ0) is 13.4. The molecule has 2 heterocycles. The summed E-state index contributed by atoms with van der Waals surface area (Å²) in [5, 5.41) is 0. The zero-order valence-electron chi connectivity index (χ0n) is 11.4. The second kappa shape index (κ2) is 4.70. The van der Waals surface area contributed by atoms with Crippen LogP contribution in [0.1, 0.15) is 17.8 Å². The lowest BCUT2D eigenvalue weighted by molar-refractivity contribution is 0.414. The molecule has 1 aliphatic heterocycles. The average Bonchev–Trinajstić information content (AvgIpc) is 2.75. The lowest BCUT2D eigenvalue weighted by Gasteiger charge is -2.23. The van der Waals surface area contributed by atoms with E-state index in [2.05, 4.69) is 11.5 Å². The van der Waals surface area contributed by atoms with Gasteiger partial charge < -0.3 is 15.0 Å². The SMILES string of the molecule is COc1ccccc1-c1nc(C)c2n1CC(N)CC2. The Balaban J connectivity index is 2.16. The standard InChI is InChI=1S/C15H19N3O/c1-10-13-8-7-11(16)9-18(13)15(17-10)12-5-3-4-6-14(12)19-2/h3-6,11H,7-9,16H2,1-2H3. The molecule has 2 aromatic rings. The molecule has 0 amide bonds. The summed E-state index contributed by atoms with van der Waals surface area (Å²) in [6.45, 7) is 2.91. The number of rotatable bonds is 2. The molecule has 0 aliphatic carbocycles. The summed E-state index contributed by atoms with van der Waals surface area (Å²) in [6.07, 6.45) is 2.05. The highest BCUT2D eigenvalue weighted by molar-refractivity contribution is 5.65. The number of fused-ring (bicyclic) bond motifs is 1. The van der Waals surface area contributed by atoms with E-state index < -0.39 is 0 Å². The zero-order valence-corrected chi connectivity index (χ0v) is 11.4. The highest BCUT2D eigenvalue weighted by Crippen LogP contribution is 2.32. The predicted molar refractivity (Wildman–Crippen MR) is 75.2 cm³/mol. The van der Waals surface area contributed by atoms with Gasteiger partial charge in [-0.15, -0.1) is 0 Å². The molecular weight excluding hydrogens is 238 g/mol. The van der Waals surface area contributed by atoms with E-state index in [0.29, 0.717) is 0 Å². The summed E-state index contributed by atoms with van der Waals surface area (Å²) in [4.78, 5) is 4.73. The van der Waals surface area contributed by atoms with E-state index in [0.717, 1.165) is 42.2 Å². The molecular formula is C15H19N3O. The Bertz CT molecular complexity index is 603. The summed E-state index contributed by atoms with van der Waals surface area (Å²) in [7, 11) is 1.69. The first kappa shape index (κ1) is 12.2. The minimum atomic E-state index is 0.217. The van der Waals surface area contributed by atoms with Crippen LogP contribution in [-0.4, -0.2) is 22.7 Å². The topological polar surface area (TPSA) is 53.1 Å². The third kappa shape index (κ3) is 2.02. The van der Waals surface area contributed by atoms with Crippen molar-refractivity contribution in [3.63, 3.8) is 0 Å². The van der Waals surface area contributed by atoms with Crippen LogP contribution >= 0.6 is 0 Å². The van der Waals surface area contributed by atoms with Gasteiger partial charge in [-0.05, 0) is 31.9 Å². The smallest absolute Gasteiger partial charge is 0.144 e. The molecule has 4 nitrogen and oxygen atoms in total. The third-order valence-corrected chi connectivity index (χ3v) is 3.79. The second-order valence-corrected chi connectivity index (χ2v) is 5.08. The van der Waals surface area contributed by atoms with Crippen molar-refractivity contribution < 1.29 is 4.74 Å². The monoisotopic (exact) mass is 257 g/mol. The maximum Gasteiger partial charge on any atom is 0.144 e. The summed E-state index contributed by atoms with van der Waals surface area (Å²) in [6, 6.07) is 8.22. The molecule has 1 aliphatic rings. The highest BCUT2D eigenvalue weighted by Gasteiger charge is 2.23. The van der Waals surface area contributed by atoms with Crippen LogP contribution in [0.4, 0.5) is 0 Å². The fourth-order valence-electron chi connectivity index (χ4n) is 2.80. The molecule has 3 rings (SSSR count). The first-order chi connectivity index (χ1) is 9.20. The van der Waals surface area contributed by atoms with Gasteiger partial charge in [0.1, 0.15) is 11.6 Å². The van der Waals surface area contributed by atoms with Crippen LogP contribution in [0, 0.1) is 6.92 Å². The average molecular weight is 257 g/mol. The van der Waals surface area contributed by atoms with Crippen LogP contribution in [0.3, 0.4) is 0 Å². The molecule has 0 spiro atoms. The molecule has 0 bridgehead atoms. The fraction of sp³-hybridized carbons (Fsp3) is 0.400. The normalized spacial score (nSPS) is 18.2. The van der Waals surface area contributed by atoms with E-state index in [1.165, 1.54) is 5.69 Å². The maximum absolute atomic E-state index is 6.10. The molecule has 1 unspecified atom stereocenters. The molecule has 0 fully saturated rings. The van der Waals surface area contributed by atoms with Crippen molar-refractivity contribution in [2.24, 2.45) is 5.73 Å². The maximum atomic E-state index is 6.10. The van der Waals surface area contributed by atoms with Crippen molar-refractivity contribution in [2.75, 3.05) is 7.11 Å². The Morgan fingerprint density at radius 2 is 2.16 bits per heavy atom. The fourth-order valence-corrected chi connectivity index (χ4v) is 2.80. The Morgan fingerprint density at radius 3 is 2.95 bits per heavy atom. The van der Waals surface area contributed by atoms with Crippen molar-refractivity contribution in [1.29, 1.82) is 0 Å². The number of para-hydroxylation sites is 1. The van der Waals surface area contributed by atoms with Crippen molar-refractivity contribution in [3.05, 3.63) is 35.7 Å². The Labute approximate surface area is 113 Å². The highest BCUT2D eigenvalue weighted by atomic mass is 16.5. The van der Waals surface area contributed by atoms with E-state index in [4.69, 9.17) is 15.5 Å². The molecule has 19 heavy (non-hydrogen) atoms. The predicted octanol–water partition coefficient (Wildman–Crippen LogP) is 2.14. The van der Waals surface area contributed by atoms with Gasteiger partial charge in [0.2, 0.25) is 0 Å². The minimum absolute atomic E-state index is 0.217. The molecule has 0 radical (unpaired) electrons. The van der Waals surface area contributed by atoms with Crippen molar-refractivity contribution in [1.82, 2.24) is 9.55 Å². The molecule has 100 valence electrons. The van der Waals surface area contributed by atoms with Crippen LogP contribution in [0.5, 0.6) is 5.75 Å². The van der Waals surface area contributed by atoms with Crippen molar-refractivity contribution >= 4 is 0 Å². The number of methoxy groups -OCH3 is 1. The van der Waals surface area contributed by atoms with Gasteiger partial charge in [-0.1, -0.05) is 12.1 Å². The van der Waals surface area contributed by atoms with Crippen molar-refractivity contribution in [2.45, 2.75) is 32.4 Å². The summed E-state index contributed by atoms with van der Waals surface area (Å²) < 4.78 is 7.69. The van der Waals surface area contributed by atoms with E-state index in [1.54, 1.807) is 7.11 Å². The van der Waals surface area contributed by atoms with E-state index >= 15 is 0 Å². The van der Waals surface area contributed by atoms with Gasteiger partial charge in [0.25, 0.3) is 0 Å². The Morgan fingerprint density at radius 1 is 1.37 bits per heavy atom. The number of nitrogens with zero attached hydrogens (tertiary/aromatic N) is 2. The van der Waals surface area contributed by atoms with E-state index in [1.807, 2.05) is 24.3 Å². The number of nitrogens with two attached hydrogens (primary N) is 1. The van der Waals surface area contributed by atoms with Crippen LogP contribution in [-0.2, 0) is 13.0 Å². The van der Waals surface area contributed by atoms with Crippen LogP contribution in [0.2, 0.25) is 0 Å². The largest absolute Gasteiger partial charge is 0.496 e. The van der Waals surface area contributed by atoms with Gasteiger partial charge in [0, 0.05) is 18.3 Å². The molecule has 0 saturated heterocycles. The quantitative estimate of drug-likeness (QED) is 0.896. The summed E-state index contributed by atoms with van der Waals surface area (Å²) in [5.74, 6) is 1.83. The first-order valence-corrected chi connectivity index (χ1v) is 6.65. The van der Waals surface area contributed by atoms with Gasteiger partial charge in [-0.2, -0.15) is 0 Å². The van der Waals surface area contributed by atoms with Crippen LogP contribution in [0.25, 0.3) is 11.4 Å². The van der Waals surface area contributed by atoms with Gasteiger partial charge in [-0.25, -0.2) is 4.98 Å². The van der Waals surface area contributed by atoms with Crippen LogP contribution in [0.15, 0.2) is 24.3 Å². The number of benzene rings is 1. The van der Waals surface area contributed by atoms with Crippen molar-refractivity contribution in [3.8, 4) is 17.1 Å². The minimum Gasteiger partial charge on any atom is -0.496 e. The lowest BCUT2D eigenvalue weighted by Crippen LogP contribution is -2.32. The Kier molecular flexibility index (Phi) is 3.03. The van der Waals surface area contributed by atoms with E-state index in [9.17, 15) is 0 Å².